The van der Waals surface area contributed by atoms with E-state index in [2.05, 4.69) is 17.4 Å². The molecule has 23 heavy (non-hydrogen) atoms. The van der Waals surface area contributed by atoms with Crippen molar-refractivity contribution in [2.75, 3.05) is 13.1 Å². The van der Waals surface area contributed by atoms with E-state index in [1.165, 1.54) is 23.8 Å². The highest BCUT2D eigenvalue weighted by atomic mass is 32.1. The highest BCUT2D eigenvalue weighted by Gasteiger charge is 2.28. The Labute approximate surface area is 140 Å². The van der Waals surface area contributed by atoms with Crippen LogP contribution in [0.1, 0.15) is 39.4 Å². The average Bonchev–Trinajstić information content (AvgIpc) is 3.23. The zero-order valence-electron chi connectivity index (χ0n) is 13.1. The molecule has 1 aromatic heterocycles. The molecule has 1 atom stereocenters. The third-order valence-corrected chi connectivity index (χ3v) is 5.20. The Morgan fingerprint density at radius 2 is 2.00 bits per heavy atom. The summed E-state index contributed by atoms with van der Waals surface area (Å²) in [5.74, 6) is 0.470. The molecule has 1 saturated heterocycles. The Morgan fingerprint density at radius 3 is 2.74 bits per heavy atom. The molecule has 4 nitrogen and oxygen atoms in total. The molecule has 0 radical (unpaired) electrons. The molecule has 0 spiro atoms. The Bertz CT molecular complexity index is 696. The molecule has 2 aromatic rings. The first-order valence-corrected chi connectivity index (χ1v) is 8.62. The monoisotopic (exact) mass is 328 g/mol. The number of nitrogens with one attached hydrogen (secondary N) is 1. The largest absolute Gasteiger partial charge is 0.351 e. The summed E-state index contributed by atoms with van der Waals surface area (Å²) < 4.78 is 0. The van der Waals surface area contributed by atoms with Crippen LogP contribution in [-0.4, -0.2) is 29.8 Å². The lowest BCUT2D eigenvalue weighted by Crippen LogP contribution is -2.27. The van der Waals surface area contributed by atoms with Gasteiger partial charge < -0.3 is 10.2 Å². The van der Waals surface area contributed by atoms with Gasteiger partial charge in [-0.05, 0) is 24.1 Å². The Morgan fingerprint density at radius 1 is 1.22 bits per heavy atom. The zero-order valence-corrected chi connectivity index (χ0v) is 13.9. The van der Waals surface area contributed by atoms with Gasteiger partial charge in [0, 0.05) is 30.8 Å². The first kappa shape index (κ1) is 15.7. The van der Waals surface area contributed by atoms with E-state index in [0.717, 1.165) is 29.3 Å². The van der Waals surface area contributed by atoms with E-state index in [0.29, 0.717) is 12.5 Å². The zero-order chi connectivity index (χ0) is 16.2. The molecular formula is C18H20N2O2S. The van der Waals surface area contributed by atoms with Crippen LogP contribution in [0.4, 0.5) is 0 Å². The van der Waals surface area contributed by atoms with Crippen LogP contribution in [0.3, 0.4) is 0 Å². The lowest BCUT2D eigenvalue weighted by molar-refractivity contribution is -0.119. The molecule has 1 aromatic carbocycles. The van der Waals surface area contributed by atoms with Gasteiger partial charge >= 0.3 is 0 Å². The van der Waals surface area contributed by atoms with Gasteiger partial charge in [-0.15, -0.1) is 11.3 Å². The minimum atomic E-state index is -0.0588. The fourth-order valence-electron chi connectivity index (χ4n) is 2.90. The van der Waals surface area contributed by atoms with E-state index in [1.54, 1.807) is 0 Å². The lowest BCUT2D eigenvalue weighted by Gasteiger charge is -2.15. The van der Waals surface area contributed by atoms with Gasteiger partial charge in [-0.2, -0.15) is 0 Å². The second kappa shape index (κ2) is 6.96. The highest BCUT2D eigenvalue weighted by Crippen LogP contribution is 2.29. The van der Waals surface area contributed by atoms with Crippen molar-refractivity contribution >= 4 is 23.2 Å². The summed E-state index contributed by atoms with van der Waals surface area (Å²) in [5.41, 5.74) is 1.31. The van der Waals surface area contributed by atoms with E-state index in [9.17, 15) is 9.59 Å². The van der Waals surface area contributed by atoms with Crippen molar-refractivity contribution in [1.29, 1.82) is 0 Å². The molecule has 0 saturated carbocycles. The summed E-state index contributed by atoms with van der Waals surface area (Å²) >= 11 is 1.46. The van der Waals surface area contributed by atoms with Gasteiger partial charge in [-0.25, -0.2) is 0 Å². The number of rotatable bonds is 4. The van der Waals surface area contributed by atoms with Crippen LogP contribution < -0.4 is 5.32 Å². The molecule has 120 valence electrons. The second-order valence-corrected chi connectivity index (χ2v) is 6.99. The Balaban J connectivity index is 1.62. The molecule has 1 fully saturated rings. The number of benzene rings is 1. The molecule has 2 amide bonds. The Kier molecular flexibility index (Phi) is 4.76. The molecular weight excluding hydrogens is 308 g/mol. The number of nitrogens with zero attached hydrogens (tertiary/aromatic N) is 1. The fourth-order valence-corrected chi connectivity index (χ4v) is 3.81. The van der Waals surface area contributed by atoms with E-state index < -0.39 is 0 Å². The maximum Gasteiger partial charge on any atom is 0.263 e. The van der Waals surface area contributed by atoms with E-state index in [4.69, 9.17) is 0 Å². The fraction of sp³-hybridized carbons (Fsp3) is 0.333. The number of amides is 2. The SMILES string of the molecule is CC(=O)NCc1ccc(C(=O)N2CCC(c3ccccc3)C2)s1. The highest BCUT2D eigenvalue weighted by molar-refractivity contribution is 7.14. The van der Waals surface area contributed by atoms with Crippen LogP contribution in [-0.2, 0) is 11.3 Å². The van der Waals surface area contributed by atoms with E-state index in [1.807, 2.05) is 35.2 Å². The van der Waals surface area contributed by atoms with Gasteiger partial charge in [0.25, 0.3) is 5.91 Å². The maximum atomic E-state index is 12.6. The summed E-state index contributed by atoms with van der Waals surface area (Å²) in [6.07, 6.45) is 1.01. The number of thiophene rings is 1. The maximum absolute atomic E-state index is 12.6. The van der Waals surface area contributed by atoms with Crippen molar-refractivity contribution in [2.24, 2.45) is 0 Å². The second-order valence-electron chi connectivity index (χ2n) is 5.82. The smallest absolute Gasteiger partial charge is 0.263 e. The molecule has 1 unspecified atom stereocenters. The van der Waals surface area contributed by atoms with Crippen molar-refractivity contribution < 1.29 is 9.59 Å². The van der Waals surface area contributed by atoms with Crippen LogP contribution >= 0.6 is 11.3 Å². The van der Waals surface area contributed by atoms with Crippen molar-refractivity contribution in [3.8, 4) is 0 Å². The summed E-state index contributed by atoms with van der Waals surface area (Å²) in [7, 11) is 0. The van der Waals surface area contributed by atoms with E-state index >= 15 is 0 Å². The van der Waals surface area contributed by atoms with E-state index in [-0.39, 0.29) is 11.8 Å². The first-order chi connectivity index (χ1) is 11.1. The van der Waals surface area contributed by atoms with Crippen LogP contribution in [0.25, 0.3) is 0 Å². The van der Waals surface area contributed by atoms with Crippen LogP contribution in [0.2, 0.25) is 0 Å². The third kappa shape index (κ3) is 3.79. The molecule has 1 N–H and O–H groups in total. The molecule has 0 bridgehead atoms. The topological polar surface area (TPSA) is 49.4 Å². The lowest BCUT2D eigenvalue weighted by atomic mass is 9.99. The predicted molar refractivity (Wildman–Crippen MR) is 91.5 cm³/mol. The summed E-state index contributed by atoms with van der Waals surface area (Å²) in [5, 5.41) is 2.76. The number of carbonyl (C=O) groups excluding carboxylic acids is 2. The molecule has 1 aliphatic heterocycles. The van der Waals surface area contributed by atoms with Gasteiger partial charge in [-0.1, -0.05) is 30.3 Å². The van der Waals surface area contributed by atoms with Gasteiger partial charge in [-0.3, -0.25) is 9.59 Å². The van der Waals surface area contributed by atoms with Gasteiger partial charge in [0.1, 0.15) is 0 Å². The number of hydrogen-bond donors (Lipinski definition) is 1. The molecule has 5 heteroatoms. The van der Waals surface area contributed by atoms with Crippen molar-refractivity contribution in [3.63, 3.8) is 0 Å². The van der Waals surface area contributed by atoms with Crippen molar-refractivity contribution in [2.45, 2.75) is 25.8 Å². The van der Waals surface area contributed by atoms with Crippen LogP contribution in [0, 0.1) is 0 Å². The van der Waals surface area contributed by atoms with Gasteiger partial charge in [0.2, 0.25) is 5.91 Å². The number of hydrogen-bond acceptors (Lipinski definition) is 3. The minimum absolute atomic E-state index is 0.0588. The first-order valence-electron chi connectivity index (χ1n) is 7.81. The molecule has 3 rings (SSSR count). The number of likely N-dealkylation sites (tertiary alicyclic amines) is 1. The average molecular weight is 328 g/mol. The third-order valence-electron chi connectivity index (χ3n) is 4.13. The van der Waals surface area contributed by atoms with Crippen LogP contribution in [0.5, 0.6) is 0 Å². The molecule has 1 aliphatic rings. The molecule has 0 aliphatic carbocycles. The summed E-state index contributed by atoms with van der Waals surface area (Å²) in [6.45, 7) is 3.56. The Hall–Kier alpha value is -2.14. The number of carbonyl (C=O) groups is 2. The van der Waals surface area contributed by atoms with Crippen molar-refractivity contribution in [1.82, 2.24) is 10.2 Å². The minimum Gasteiger partial charge on any atom is -0.351 e. The predicted octanol–water partition coefficient (Wildman–Crippen LogP) is 3.01. The van der Waals surface area contributed by atoms with Crippen LogP contribution in [0.15, 0.2) is 42.5 Å². The molecule has 2 heterocycles. The quantitative estimate of drug-likeness (QED) is 0.938. The summed E-state index contributed by atoms with van der Waals surface area (Å²) in [4.78, 5) is 27.3. The standard InChI is InChI=1S/C18H20N2O2S/c1-13(21)19-11-16-7-8-17(23-16)18(22)20-10-9-15(12-20)14-5-3-2-4-6-14/h2-8,15H,9-12H2,1H3,(H,19,21). The van der Waals surface area contributed by atoms with Gasteiger partial charge in [0.15, 0.2) is 0 Å². The van der Waals surface area contributed by atoms with Crippen molar-refractivity contribution in [3.05, 3.63) is 57.8 Å². The normalized spacial score (nSPS) is 17.3. The summed E-state index contributed by atoms with van der Waals surface area (Å²) in [6, 6.07) is 14.2. The van der Waals surface area contributed by atoms with Gasteiger partial charge in [0.05, 0.1) is 11.4 Å².